The number of rotatable bonds is 7. The van der Waals surface area contributed by atoms with Gasteiger partial charge in [0.1, 0.15) is 10.5 Å². The van der Waals surface area contributed by atoms with Gasteiger partial charge in [0.15, 0.2) is 5.75 Å². The molecule has 0 fully saturated rings. The molecule has 0 aliphatic rings. The molecule has 1 aromatic carbocycles. The number of aliphatic hydroxyl groups is 1. The molecule has 3 N–H and O–H groups in total. The molecule has 0 unspecified atom stereocenters. The summed E-state index contributed by atoms with van der Waals surface area (Å²) < 4.78 is 31.3. The standard InChI is InChI=1S/C11H14ClNO6S/c1-19-10-8(11(15)16)5-7(12)6-9(10)20(17,18)13-3-2-4-14/h5-6,13-14H,2-4H2,1H3,(H,15,16). The van der Waals surface area contributed by atoms with Gasteiger partial charge in [-0.2, -0.15) is 0 Å². The Hall–Kier alpha value is -1.35. The fourth-order valence-corrected chi connectivity index (χ4v) is 3.07. The van der Waals surface area contributed by atoms with Gasteiger partial charge in [0.2, 0.25) is 10.0 Å². The van der Waals surface area contributed by atoms with Crippen LogP contribution < -0.4 is 9.46 Å². The van der Waals surface area contributed by atoms with Gasteiger partial charge in [-0.05, 0) is 18.6 Å². The maximum Gasteiger partial charge on any atom is 0.339 e. The van der Waals surface area contributed by atoms with Gasteiger partial charge in [0.25, 0.3) is 0 Å². The first-order valence-electron chi connectivity index (χ1n) is 5.55. The number of carboxylic acids is 1. The summed E-state index contributed by atoms with van der Waals surface area (Å²) in [6, 6.07) is 2.21. The quantitative estimate of drug-likeness (QED) is 0.637. The smallest absolute Gasteiger partial charge is 0.339 e. The summed E-state index contributed by atoms with van der Waals surface area (Å²) in [6.45, 7) is -0.160. The highest BCUT2D eigenvalue weighted by Crippen LogP contribution is 2.31. The lowest BCUT2D eigenvalue weighted by Crippen LogP contribution is -2.26. The predicted octanol–water partition coefficient (Wildman–Crippen LogP) is 0.708. The summed E-state index contributed by atoms with van der Waals surface area (Å²) >= 11 is 5.74. The molecule has 0 atom stereocenters. The molecule has 0 aromatic heterocycles. The molecule has 112 valence electrons. The number of aliphatic hydroxyl groups excluding tert-OH is 1. The molecule has 0 saturated heterocycles. The predicted molar refractivity (Wildman–Crippen MR) is 71.9 cm³/mol. The van der Waals surface area contributed by atoms with Crippen molar-refractivity contribution in [1.82, 2.24) is 4.72 Å². The van der Waals surface area contributed by atoms with E-state index in [1.165, 1.54) is 7.11 Å². The Kier molecular flexibility index (Phi) is 5.75. The Morgan fingerprint density at radius 1 is 1.45 bits per heavy atom. The SMILES string of the molecule is COc1c(C(=O)O)cc(Cl)cc1S(=O)(=O)NCCCO. The molecule has 0 spiro atoms. The van der Waals surface area contributed by atoms with Crippen LogP contribution in [-0.2, 0) is 10.0 Å². The maximum atomic E-state index is 12.1. The van der Waals surface area contributed by atoms with Crippen molar-refractivity contribution in [2.75, 3.05) is 20.3 Å². The van der Waals surface area contributed by atoms with Crippen molar-refractivity contribution in [3.63, 3.8) is 0 Å². The molecule has 0 heterocycles. The van der Waals surface area contributed by atoms with Gasteiger partial charge in [-0.15, -0.1) is 0 Å². The van der Waals surface area contributed by atoms with E-state index in [1.54, 1.807) is 0 Å². The normalized spacial score (nSPS) is 11.3. The molecule has 1 rings (SSSR count). The Labute approximate surface area is 121 Å². The number of methoxy groups -OCH3 is 1. The second-order valence-electron chi connectivity index (χ2n) is 3.76. The highest BCUT2D eigenvalue weighted by Gasteiger charge is 2.25. The summed E-state index contributed by atoms with van der Waals surface area (Å²) in [7, 11) is -2.82. The molecule has 9 heteroatoms. The average molecular weight is 324 g/mol. The number of sulfonamides is 1. The van der Waals surface area contributed by atoms with Crippen LogP contribution in [0.3, 0.4) is 0 Å². The first kappa shape index (κ1) is 16.7. The highest BCUT2D eigenvalue weighted by atomic mass is 35.5. The number of hydrogen-bond donors (Lipinski definition) is 3. The molecule has 20 heavy (non-hydrogen) atoms. The summed E-state index contributed by atoms with van der Waals surface area (Å²) in [6.07, 6.45) is 0.230. The lowest BCUT2D eigenvalue weighted by molar-refractivity contribution is 0.0693. The van der Waals surface area contributed by atoms with Gasteiger partial charge < -0.3 is 14.9 Å². The van der Waals surface area contributed by atoms with E-state index in [0.717, 1.165) is 12.1 Å². The minimum atomic E-state index is -3.99. The third kappa shape index (κ3) is 3.83. The van der Waals surface area contributed by atoms with E-state index in [4.69, 9.17) is 26.6 Å². The number of aromatic carboxylic acids is 1. The number of hydrogen-bond acceptors (Lipinski definition) is 5. The monoisotopic (exact) mass is 323 g/mol. The molecule has 0 amide bonds. The molecule has 0 bridgehead atoms. The Balaban J connectivity index is 3.33. The van der Waals surface area contributed by atoms with E-state index in [9.17, 15) is 13.2 Å². The number of halogens is 1. The minimum Gasteiger partial charge on any atom is -0.494 e. The topological polar surface area (TPSA) is 113 Å². The van der Waals surface area contributed by atoms with Crippen LogP contribution in [0, 0.1) is 0 Å². The second-order valence-corrected chi connectivity index (χ2v) is 5.94. The zero-order valence-electron chi connectivity index (χ0n) is 10.6. The van der Waals surface area contributed by atoms with Gasteiger partial charge in [0.05, 0.1) is 7.11 Å². The third-order valence-electron chi connectivity index (χ3n) is 2.37. The minimum absolute atomic E-state index is 0.0108. The van der Waals surface area contributed by atoms with Crippen LogP contribution in [0.15, 0.2) is 17.0 Å². The molecule has 1 aromatic rings. The van der Waals surface area contributed by atoms with Crippen LogP contribution in [-0.4, -0.2) is 44.9 Å². The van der Waals surface area contributed by atoms with Crippen LogP contribution in [0.1, 0.15) is 16.8 Å². The molecule has 0 saturated carbocycles. The number of carbonyl (C=O) groups is 1. The van der Waals surface area contributed by atoms with Crippen molar-refractivity contribution >= 4 is 27.6 Å². The fraction of sp³-hybridized carbons (Fsp3) is 0.364. The molecule has 0 aliphatic carbocycles. The maximum absolute atomic E-state index is 12.1. The van der Waals surface area contributed by atoms with E-state index in [1.807, 2.05) is 0 Å². The summed E-state index contributed by atoms with van der Waals surface area (Å²) in [5, 5.41) is 17.6. The van der Waals surface area contributed by atoms with Crippen molar-refractivity contribution < 1.29 is 28.2 Å². The number of benzene rings is 1. The van der Waals surface area contributed by atoms with Gasteiger partial charge in [-0.25, -0.2) is 17.9 Å². The van der Waals surface area contributed by atoms with E-state index < -0.39 is 16.0 Å². The Morgan fingerprint density at radius 3 is 2.60 bits per heavy atom. The highest BCUT2D eigenvalue weighted by molar-refractivity contribution is 7.89. The zero-order valence-corrected chi connectivity index (χ0v) is 12.2. The van der Waals surface area contributed by atoms with Gasteiger partial charge in [-0.1, -0.05) is 11.6 Å². The third-order valence-corrected chi connectivity index (χ3v) is 4.06. The van der Waals surface area contributed by atoms with Crippen LogP contribution >= 0.6 is 11.6 Å². The van der Waals surface area contributed by atoms with Crippen molar-refractivity contribution in [3.05, 3.63) is 22.7 Å². The van der Waals surface area contributed by atoms with Gasteiger partial charge in [0, 0.05) is 18.2 Å². The Bertz CT molecular complexity index is 601. The molecule has 7 nitrogen and oxygen atoms in total. The van der Waals surface area contributed by atoms with Gasteiger partial charge >= 0.3 is 5.97 Å². The van der Waals surface area contributed by atoms with Crippen molar-refractivity contribution in [2.45, 2.75) is 11.3 Å². The number of nitrogens with one attached hydrogen (secondary N) is 1. The van der Waals surface area contributed by atoms with E-state index in [0.29, 0.717) is 0 Å². The summed E-state index contributed by atoms with van der Waals surface area (Å²) in [5.74, 6) is -1.64. The lowest BCUT2D eigenvalue weighted by Gasteiger charge is -2.13. The van der Waals surface area contributed by atoms with Crippen LogP contribution in [0.4, 0.5) is 0 Å². The number of carboxylic acid groups (broad SMARTS) is 1. The van der Waals surface area contributed by atoms with Crippen molar-refractivity contribution in [3.8, 4) is 5.75 Å². The Morgan fingerprint density at radius 2 is 2.10 bits per heavy atom. The fourth-order valence-electron chi connectivity index (χ4n) is 1.50. The van der Waals surface area contributed by atoms with E-state index in [-0.39, 0.29) is 40.8 Å². The summed E-state index contributed by atoms with van der Waals surface area (Å²) in [4.78, 5) is 10.7. The lowest BCUT2D eigenvalue weighted by atomic mass is 10.2. The van der Waals surface area contributed by atoms with Crippen LogP contribution in [0.2, 0.25) is 5.02 Å². The summed E-state index contributed by atoms with van der Waals surface area (Å²) in [5.41, 5.74) is -0.345. The molecular formula is C11H14ClNO6S. The average Bonchev–Trinajstić information content (AvgIpc) is 2.37. The molecule has 0 radical (unpaired) electrons. The van der Waals surface area contributed by atoms with Crippen LogP contribution in [0.25, 0.3) is 0 Å². The van der Waals surface area contributed by atoms with Crippen LogP contribution in [0.5, 0.6) is 5.75 Å². The first-order chi connectivity index (χ1) is 9.33. The largest absolute Gasteiger partial charge is 0.494 e. The van der Waals surface area contributed by atoms with E-state index >= 15 is 0 Å². The second kappa shape index (κ2) is 6.89. The van der Waals surface area contributed by atoms with Gasteiger partial charge in [-0.3, -0.25) is 0 Å². The molecular weight excluding hydrogens is 310 g/mol. The first-order valence-corrected chi connectivity index (χ1v) is 7.41. The van der Waals surface area contributed by atoms with E-state index in [2.05, 4.69) is 4.72 Å². The van der Waals surface area contributed by atoms with Crippen molar-refractivity contribution in [1.29, 1.82) is 0 Å². The van der Waals surface area contributed by atoms with Crippen molar-refractivity contribution in [2.24, 2.45) is 0 Å². The number of ether oxygens (including phenoxy) is 1. The molecule has 0 aliphatic heterocycles. The zero-order chi connectivity index (χ0) is 15.3.